The lowest BCUT2D eigenvalue weighted by Crippen LogP contribution is -2.27. The molecular weight excluding hydrogens is 234 g/mol. The van der Waals surface area contributed by atoms with E-state index in [1.807, 2.05) is 5.38 Å². The van der Waals surface area contributed by atoms with Crippen LogP contribution in [0.15, 0.2) is 17.8 Å². The predicted molar refractivity (Wildman–Crippen MR) is 65.7 cm³/mol. The van der Waals surface area contributed by atoms with Crippen LogP contribution in [0, 0.1) is 5.41 Å². The first-order valence-electron chi connectivity index (χ1n) is 5.57. The molecule has 2 aromatic heterocycles. The molecule has 0 aliphatic heterocycles. The van der Waals surface area contributed by atoms with E-state index in [1.165, 1.54) is 11.3 Å². The topological polar surface area (TPSA) is 47.8 Å². The number of fused-ring (bicyclic) bond motifs is 1. The number of carbonyl (C=O) groups excluding carboxylic acids is 1. The Morgan fingerprint density at radius 1 is 1.41 bits per heavy atom. The zero-order valence-electron chi connectivity index (χ0n) is 9.80. The van der Waals surface area contributed by atoms with Crippen LogP contribution in [0.3, 0.4) is 0 Å². The number of Topliss-reactive ketones (excluding diaryl/α,β-unsaturated/α-hetero) is 1. The molecule has 2 heterocycles. The van der Waals surface area contributed by atoms with E-state index in [2.05, 4.69) is 23.9 Å². The van der Waals surface area contributed by atoms with Crippen LogP contribution >= 0.6 is 11.3 Å². The number of hydrogen-bond donors (Lipinski definition) is 0. The van der Waals surface area contributed by atoms with Crippen molar-refractivity contribution in [2.45, 2.75) is 26.7 Å². The smallest absolute Gasteiger partial charge is 0.210 e. The molecular formula is C12H13N3OS. The maximum Gasteiger partial charge on any atom is 0.210 e. The molecule has 0 atom stereocenters. The standard InChI is InChI=1S/C12H13N3OS/c1-12(2)5-9-8(10(16)6-12)7-14-15(9)11-13-3-4-17-11/h3-4,7H,5-6H2,1-2H3. The second-order valence-electron chi connectivity index (χ2n) is 5.17. The van der Waals surface area contributed by atoms with Crippen molar-refractivity contribution in [3.8, 4) is 5.13 Å². The van der Waals surface area contributed by atoms with Crippen molar-refractivity contribution in [1.82, 2.24) is 14.8 Å². The lowest BCUT2D eigenvalue weighted by atomic mass is 9.76. The minimum atomic E-state index is 0.0130. The average Bonchev–Trinajstić information content (AvgIpc) is 2.82. The van der Waals surface area contributed by atoms with Crippen LogP contribution in [0.4, 0.5) is 0 Å². The van der Waals surface area contributed by atoms with E-state index in [0.717, 1.165) is 22.8 Å². The zero-order valence-corrected chi connectivity index (χ0v) is 10.6. The minimum absolute atomic E-state index is 0.0130. The summed E-state index contributed by atoms with van der Waals surface area (Å²) in [6.45, 7) is 4.24. The van der Waals surface area contributed by atoms with Gasteiger partial charge in [-0.25, -0.2) is 9.67 Å². The highest BCUT2D eigenvalue weighted by molar-refractivity contribution is 7.12. The highest BCUT2D eigenvalue weighted by Gasteiger charge is 2.34. The van der Waals surface area contributed by atoms with Crippen molar-refractivity contribution >= 4 is 17.1 Å². The summed E-state index contributed by atoms with van der Waals surface area (Å²) in [5.41, 5.74) is 1.78. The van der Waals surface area contributed by atoms with E-state index in [0.29, 0.717) is 6.42 Å². The number of hydrogen-bond acceptors (Lipinski definition) is 4. The number of nitrogens with zero attached hydrogens (tertiary/aromatic N) is 3. The minimum Gasteiger partial charge on any atom is -0.294 e. The summed E-state index contributed by atoms with van der Waals surface area (Å²) in [7, 11) is 0. The van der Waals surface area contributed by atoms with Crippen molar-refractivity contribution in [3.63, 3.8) is 0 Å². The second kappa shape index (κ2) is 3.50. The van der Waals surface area contributed by atoms with E-state index in [-0.39, 0.29) is 11.2 Å². The molecule has 17 heavy (non-hydrogen) atoms. The fourth-order valence-electron chi connectivity index (χ4n) is 2.31. The first kappa shape index (κ1) is 10.7. The van der Waals surface area contributed by atoms with Gasteiger partial charge in [-0.15, -0.1) is 11.3 Å². The molecule has 0 fully saturated rings. The normalized spacial score (nSPS) is 18.1. The molecule has 4 nitrogen and oxygen atoms in total. The van der Waals surface area contributed by atoms with Gasteiger partial charge in [-0.3, -0.25) is 4.79 Å². The van der Waals surface area contributed by atoms with E-state index in [1.54, 1.807) is 17.1 Å². The number of thiazole rings is 1. The lowest BCUT2D eigenvalue weighted by Gasteiger charge is -2.28. The fraction of sp³-hybridized carbons (Fsp3) is 0.417. The van der Waals surface area contributed by atoms with E-state index in [4.69, 9.17) is 0 Å². The molecule has 0 saturated carbocycles. The van der Waals surface area contributed by atoms with Gasteiger partial charge in [0, 0.05) is 18.0 Å². The van der Waals surface area contributed by atoms with Crippen molar-refractivity contribution in [1.29, 1.82) is 0 Å². The van der Waals surface area contributed by atoms with E-state index >= 15 is 0 Å². The van der Waals surface area contributed by atoms with Crippen LogP contribution in [0.2, 0.25) is 0 Å². The number of rotatable bonds is 1. The van der Waals surface area contributed by atoms with Gasteiger partial charge in [0.1, 0.15) is 0 Å². The molecule has 0 aromatic carbocycles. The van der Waals surface area contributed by atoms with Crippen LogP contribution < -0.4 is 0 Å². The first-order valence-corrected chi connectivity index (χ1v) is 6.45. The summed E-state index contributed by atoms with van der Waals surface area (Å²) in [4.78, 5) is 16.3. The summed E-state index contributed by atoms with van der Waals surface area (Å²) in [6.07, 6.45) is 4.90. The monoisotopic (exact) mass is 247 g/mol. The fourth-order valence-corrected chi connectivity index (χ4v) is 2.93. The molecule has 0 spiro atoms. The molecule has 1 aliphatic rings. The van der Waals surface area contributed by atoms with Gasteiger partial charge in [-0.2, -0.15) is 5.10 Å². The van der Waals surface area contributed by atoms with E-state index in [9.17, 15) is 4.79 Å². The predicted octanol–water partition coefficient (Wildman–Crippen LogP) is 2.48. The lowest BCUT2D eigenvalue weighted by molar-refractivity contribution is 0.0911. The quantitative estimate of drug-likeness (QED) is 0.777. The van der Waals surface area contributed by atoms with Gasteiger partial charge in [0.15, 0.2) is 5.78 Å². The van der Waals surface area contributed by atoms with Crippen molar-refractivity contribution in [3.05, 3.63) is 29.0 Å². The Labute approximate surface area is 103 Å². The van der Waals surface area contributed by atoms with Crippen LogP contribution in [-0.2, 0) is 6.42 Å². The van der Waals surface area contributed by atoms with Crippen LogP contribution in [0.5, 0.6) is 0 Å². The van der Waals surface area contributed by atoms with Crippen LogP contribution in [-0.4, -0.2) is 20.5 Å². The van der Waals surface area contributed by atoms with Gasteiger partial charge >= 0.3 is 0 Å². The molecule has 0 saturated heterocycles. The summed E-state index contributed by atoms with van der Waals surface area (Å²) in [5, 5.41) is 7.05. The maximum atomic E-state index is 12.0. The second-order valence-corrected chi connectivity index (χ2v) is 6.05. The van der Waals surface area contributed by atoms with Gasteiger partial charge in [0.2, 0.25) is 5.13 Å². The summed E-state index contributed by atoms with van der Waals surface area (Å²) in [5.74, 6) is 0.194. The molecule has 0 bridgehead atoms. The van der Waals surface area contributed by atoms with Crippen LogP contribution in [0.25, 0.3) is 5.13 Å². The molecule has 0 amide bonds. The Morgan fingerprint density at radius 3 is 2.94 bits per heavy atom. The number of aromatic nitrogens is 3. The van der Waals surface area contributed by atoms with Gasteiger partial charge in [0.05, 0.1) is 17.5 Å². The molecule has 3 rings (SSSR count). The average molecular weight is 247 g/mol. The van der Waals surface area contributed by atoms with Crippen molar-refractivity contribution in [2.75, 3.05) is 0 Å². The molecule has 5 heteroatoms. The first-order chi connectivity index (χ1) is 8.07. The highest BCUT2D eigenvalue weighted by Crippen LogP contribution is 2.35. The molecule has 2 aromatic rings. The Balaban J connectivity index is 2.14. The molecule has 0 N–H and O–H groups in total. The third kappa shape index (κ3) is 1.70. The Kier molecular flexibility index (Phi) is 2.19. The van der Waals surface area contributed by atoms with Gasteiger partial charge < -0.3 is 0 Å². The number of carbonyl (C=O) groups is 1. The van der Waals surface area contributed by atoms with Gasteiger partial charge in [-0.1, -0.05) is 13.8 Å². The molecule has 1 aliphatic carbocycles. The zero-order chi connectivity index (χ0) is 12.0. The summed E-state index contributed by atoms with van der Waals surface area (Å²) in [6, 6.07) is 0. The summed E-state index contributed by atoms with van der Waals surface area (Å²) < 4.78 is 1.80. The third-order valence-electron chi connectivity index (χ3n) is 3.05. The maximum absolute atomic E-state index is 12.0. The van der Waals surface area contributed by atoms with Gasteiger partial charge in [0.25, 0.3) is 0 Å². The molecule has 0 unspecified atom stereocenters. The van der Waals surface area contributed by atoms with Crippen molar-refractivity contribution < 1.29 is 4.79 Å². The molecule has 0 radical (unpaired) electrons. The summed E-state index contributed by atoms with van der Waals surface area (Å²) >= 11 is 1.53. The van der Waals surface area contributed by atoms with Crippen LogP contribution in [0.1, 0.15) is 36.3 Å². The third-order valence-corrected chi connectivity index (χ3v) is 3.80. The van der Waals surface area contributed by atoms with Gasteiger partial charge in [-0.05, 0) is 11.8 Å². The SMILES string of the molecule is CC1(C)CC(=O)c2cnn(-c3nccs3)c2C1. The Bertz CT molecular complexity index is 569. The number of ketones is 1. The Morgan fingerprint density at radius 2 is 2.24 bits per heavy atom. The van der Waals surface area contributed by atoms with Crippen molar-refractivity contribution in [2.24, 2.45) is 5.41 Å². The largest absolute Gasteiger partial charge is 0.294 e. The molecule has 88 valence electrons. The highest BCUT2D eigenvalue weighted by atomic mass is 32.1. The Hall–Kier alpha value is -1.49. The van der Waals surface area contributed by atoms with E-state index < -0.39 is 0 Å².